The predicted octanol–water partition coefficient (Wildman–Crippen LogP) is 5.12. The minimum Gasteiger partial charge on any atom is -0.462 e. The molecule has 0 saturated carbocycles. The van der Waals surface area contributed by atoms with Crippen LogP contribution < -0.4 is 5.32 Å². The van der Waals surface area contributed by atoms with Crippen LogP contribution in [-0.4, -0.2) is 18.5 Å². The molecule has 0 atom stereocenters. The number of nitrogens with one attached hydrogen (secondary N) is 1. The summed E-state index contributed by atoms with van der Waals surface area (Å²) in [5.41, 5.74) is 4.04. The van der Waals surface area contributed by atoms with Gasteiger partial charge in [-0.05, 0) is 54.2 Å². The molecule has 0 bridgehead atoms. The number of ether oxygens (including phenoxy) is 1. The Bertz CT molecular complexity index is 843. The van der Waals surface area contributed by atoms with Crippen molar-refractivity contribution in [3.63, 3.8) is 0 Å². The molecule has 0 unspecified atom stereocenters. The van der Waals surface area contributed by atoms with E-state index >= 15 is 0 Å². The summed E-state index contributed by atoms with van der Waals surface area (Å²) in [4.78, 5) is 24.2. The second-order valence-corrected chi connectivity index (χ2v) is 7.39. The van der Waals surface area contributed by atoms with E-state index in [2.05, 4.69) is 38.2 Å². The maximum Gasteiger partial charge on any atom is 0.338 e. The van der Waals surface area contributed by atoms with Gasteiger partial charge in [0.05, 0.1) is 12.2 Å². The van der Waals surface area contributed by atoms with Crippen LogP contribution in [0.15, 0.2) is 48.5 Å². The number of hydrogen-bond acceptors (Lipinski definition) is 3. The number of benzene rings is 2. The van der Waals surface area contributed by atoms with Crippen LogP contribution in [0.4, 0.5) is 5.69 Å². The molecule has 0 heterocycles. The second kappa shape index (κ2) is 8.67. The summed E-state index contributed by atoms with van der Waals surface area (Å²) in [6, 6.07) is 13.3. The van der Waals surface area contributed by atoms with E-state index in [0.29, 0.717) is 23.4 Å². The van der Waals surface area contributed by atoms with Gasteiger partial charge >= 0.3 is 5.97 Å². The Balaban J connectivity index is 2.08. The molecule has 0 spiro atoms. The van der Waals surface area contributed by atoms with E-state index in [9.17, 15) is 9.59 Å². The highest BCUT2D eigenvalue weighted by Gasteiger charge is 2.14. The molecule has 1 N–H and O–H groups in total. The number of amides is 1. The van der Waals surface area contributed by atoms with Crippen LogP contribution in [0.25, 0.3) is 6.08 Å². The Morgan fingerprint density at radius 3 is 2.33 bits per heavy atom. The minimum absolute atomic E-state index is 0.0983. The highest BCUT2D eigenvalue weighted by molar-refractivity contribution is 6.03. The minimum atomic E-state index is -0.388. The number of carbonyl (C=O) groups is 2. The number of carbonyl (C=O) groups excluding carboxylic acids is 2. The first-order valence-corrected chi connectivity index (χ1v) is 9.08. The normalized spacial score (nSPS) is 11.4. The van der Waals surface area contributed by atoms with Crippen molar-refractivity contribution in [2.75, 3.05) is 11.9 Å². The molecule has 0 aliphatic rings. The number of esters is 1. The van der Waals surface area contributed by atoms with Gasteiger partial charge in [0.15, 0.2) is 0 Å². The molecule has 0 saturated heterocycles. The fraction of sp³-hybridized carbons (Fsp3) is 0.304. The third-order valence-electron chi connectivity index (χ3n) is 4.29. The summed E-state index contributed by atoms with van der Waals surface area (Å²) >= 11 is 0. The smallest absolute Gasteiger partial charge is 0.338 e. The van der Waals surface area contributed by atoms with Gasteiger partial charge in [0.25, 0.3) is 0 Å². The molecule has 2 rings (SSSR count). The summed E-state index contributed by atoms with van der Waals surface area (Å²) < 4.78 is 5.04. The van der Waals surface area contributed by atoms with E-state index in [0.717, 1.165) is 5.56 Å². The zero-order valence-electron chi connectivity index (χ0n) is 16.6. The summed E-state index contributed by atoms with van der Waals surface area (Å²) in [5, 5.41) is 2.82. The fourth-order valence-corrected chi connectivity index (χ4v) is 2.64. The number of rotatable bonds is 5. The molecule has 4 nitrogen and oxygen atoms in total. The van der Waals surface area contributed by atoms with Crippen molar-refractivity contribution in [1.82, 2.24) is 0 Å². The average molecular weight is 365 g/mol. The van der Waals surface area contributed by atoms with Crippen LogP contribution in [0.2, 0.25) is 0 Å². The maximum absolute atomic E-state index is 12.3. The third kappa shape index (κ3) is 5.55. The third-order valence-corrected chi connectivity index (χ3v) is 4.29. The molecule has 0 aliphatic heterocycles. The summed E-state index contributed by atoms with van der Waals surface area (Å²) in [5.74, 6) is -0.639. The predicted molar refractivity (Wildman–Crippen MR) is 110 cm³/mol. The van der Waals surface area contributed by atoms with E-state index in [1.165, 1.54) is 11.6 Å². The van der Waals surface area contributed by atoms with Crippen LogP contribution in [0.1, 0.15) is 54.7 Å². The highest BCUT2D eigenvalue weighted by Crippen LogP contribution is 2.23. The lowest BCUT2D eigenvalue weighted by Gasteiger charge is -2.18. The monoisotopic (exact) mass is 365 g/mol. The van der Waals surface area contributed by atoms with Crippen LogP contribution in [0.5, 0.6) is 0 Å². The van der Waals surface area contributed by atoms with Gasteiger partial charge in [0.2, 0.25) is 5.91 Å². The first-order chi connectivity index (χ1) is 12.7. The molecular weight excluding hydrogens is 338 g/mol. The standard InChI is InChI=1S/C23H27NO3/c1-6-27-22(26)19-8-7-9-20(16(19)2)24-21(25)15-12-17-10-13-18(14-11-17)23(3,4)5/h7-15H,6H2,1-5H3,(H,24,25)/b15-12+. The zero-order chi connectivity index (χ0) is 20.0. The van der Waals surface area contributed by atoms with Crippen molar-refractivity contribution < 1.29 is 14.3 Å². The Labute approximate surface area is 161 Å². The fourth-order valence-electron chi connectivity index (χ4n) is 2.64. The first kappa shape index (κ1) is 20.4. The van der Waals surface area contributed by atoms with Crippen molar-refractivity contribution in [1.29, 1.82) is 0 Å². The molecule has 0 fully saturated rings. The van der Waals surface area contributed by atoms with Gasteiger partial charge in [-0.15, -0.1) is 0 Å². The molecular formula is C23H27NO3. The van der Waals surface area contributed by atoms with Crippen molar-refractivity contribution >= 4 is 23.6 Å². The number of anilines is 1. The Kier molecular flexibility index (Phi) is 6.56. The van der Waals surface area contributed by atoms with Crippen LogP contribution in [0, 0.1) is 6.92 Å². The largest absolute Gasteiger partial charge is 0.462 e. The number of hydrogen-bond donors (Lipinski definition) is 1. The summed E-state index contributed by atoms with van der Waals surface area (Å²) in [6.45, 7) is 10.4. The zero-order valence-corrected chi connectivity index (χ0v) is 16.6. The molecule has 0 aliphatic carbocycles. The van der Waals surface area contributed by atoms with E-state index in [1.807, 2.05) is 12.1 Å². The van der Waals surface area contributed by atoms with Gasteiger partial charge in [-0.2, -0.15) is 0 Å². The average Bonchev–Trinajstić information content (AvgIpc) is 2.61. The van der Waals surface area contributed by atoms with Gasteiger partial charge in [-0.3, -0.25) is 4.79 Å². The van der Waals surface area contributed by atoms with Crippen molar-refractivity contribution in [2.24, 2.45) is 0 Å². The van der Waals surface area contributed by atoms with E-state index < -0.39 is 0 Å². The lowest BCUT2D eigenvalue weighted by molar-refractivity contribution is -0.111. The molecule has 4 heteroatoms. The van der Waals surface area contributed by atoms with E-state index in [-0.39, 0.29) is 17.3 Å². The highest BCUT2D eigenvalue weighted by atomic mass is 16.5. The topological polar surface area (TPSA) is 55.4 Å². The summed E-state index contributed by atoms with van der Waals surface area (Å²) in [6.07, 6.45) is 3.26. The van der Waals surface area contributed by atoms with Crippen molar-refractivity contribution in [2.45, 2.75) is 40.0 Å². The van der Waals surface area contributed by atoms with E-state index in [4.69, 9.17) is 4.74 Å². The van der Waals surface area contributed by atoms with Gasteiger partial charge in [0, 0.05) is 11.8 Å². The van der Waals surface area contributed by atoms with Gasteiger partial charge in [0.1, 0.15) is 0 Å². The van der Waals surface area contributed by atoms with Crippen LogP contribution >= 0.6 is 0 Å². The SMILES string of the molecule is CCOC(=O)c1cccc(NC(=O)/C=C/c2ccc(C(C)(C)C)cc2)c1C. The molecule has 27 heavy (non-hydrogen) atoms. The molecule has 0 radical (unpaired) electrons. The van der Waals surface area contributed by atoms with Gasteiger partial charge < -0.3 is 10.1 Å². The Morgan fingerprint density at radius 2 is 1.74 bits per heavy atom. The van der Waals surface area contributed by atoms with Crippen LogP contribution in [0.3, 0.4) is 0 Å². The lowest BCUT2D eigenvalue weighted by atomic mass is 9.87. The van der Waals surface area contributed by atoms with Gasteiger partial charge in [-0.1, -0.05) is 51.1 Å². The van der Waals surface area contributed by atoms with Crippen molar-refractivity contribution in [3.8, 4) is 0 Å². The van der Waals surface area contributed by atoms with Gasteiger partial charge in [-0.25, -0.2) is 4.79 Å². The summed E-state index contributed by atoms with van der Waals surface area (Å²) in [7, 11) is 0. The maximum atomic E-state index is 12.3. The first-order valence-electron chi connectivity index (χ1n) is 9.08. The van der Waals surface area contributed by atoms with E-state index in [1.54, 1.807) is 38.1 Å². The lowest BCUT2D eigenvalue weighted by Crippen LogP contribution is -2.12. The molecule has 1 amide bonds. The Morgan fingerprint density at radius 1 is 1.07 bits per heavy atom. The molecule has 2 aromatic carbocycles. The Hall–Kier alpha value is -2.88. The van der Waals surface area contributed by atoms with Crippen molar-refractivity contribution in [3.05, 3.63) is 70.8 Å². The molecule has 2 aromatic rings. The second-order valence-electron chi connectivity index (χ2n) is 7.39. The van der Waals surface area contributed by atoms with Crippen LogP contribution in [-0.2, 0) is 14.9 Å². The quantitative estimate of drug-likeness (QED) is 0.591. The molecule has 142 valence electrons. The molecule has 0 aromatic heterocycles.